The van der Waals surface area contributed by atoms with Crippen LogP contribution in [0.25, 0.3) is 0 Å². The van der Waals surface area contributed by atoms with E-state index in [-0.39, 0.29) is 11.1 Å². The van der Waals surface area contributed by atoms with Crippen molar-refractivity contribution in [2.24, 2.45) is 0 Å². The van der Waals surface area contributed by atoms with E-state index < -0.39 is 17.0 Å². The van der Waals surface area contributed by atoms with Gasteiger partial charge in [-0.2, -0.15) is 0 Å². The maximum atomic E-state index is 13.8. The summed E-state index contributed by atoms with van der Waals surface area (Å²) >= 11 is 1.51. The minimum absolute atomic E-state index is 0.0929. The summed E-state index contributed by atoms with van der Waals surface area (Å²) in [4.78, 5) is 15.0. The van der Waals surface area contributed by atoms with Gasteiger partial charge in [0.05, 0.1) is 21.1 Å². The first-order valence-corrected chi connectivity index (χ1v) is 14.5. The molecule has 0 fully saturated rings. The molecule has 6 nitrogen and oxygen atoms in total. The van der Waals surface area contributed by atoms with Crippen molar-refractivity contribution < 1.29 is 18.8 Å². The number of thioether (sulfide) groups is 1. The molecule has 0 spiro atoms. The van der Waals surface area contributed by atoms with E-state index in [0.717, 1.165) is 54.8 Å². The third-order valence-corrected chi connectivity index (χ3v) is 8.40. The summed E-state index contributed by atoms with van der Waals surface area (Å²) < 4.78 is 23.1. The summed E-state index contributed by atoms with van der Waals surface area (Å²) in [7, 11) is -1.46. The van der Waals surface area contributed by atoms with E-state index in [2.05, 4.69) is 35.6 Å². The van der Waals surface area contributed by atoms with Crippen LogP contribution in [0.4, 0.5) is 11.4 Å². The molecule has 1 aliphatic rings. The fourth-order valence-corrected chi connectivity index (χ4v) is 6.15. The Hall–Kier alpha value is -2.29. The Balaban J connectivity index is 2.16. The zero-order valence-electron chi connectivity index (χ0n) is 21.0. The van der Waals surface area contributed by atoms with E-state index in [1.165, 1.54) is 24.9 Å². The third kappa shape index (κ3) is 6.68. The minimum atomic E-state index is -1.46. The molecule has 2 N–H and O–H groups in total. The van der Waals surface area contributed by atoms with E-state index in [1.54, 1.807) is 6.07 Å². The summed E-state index contributed by atoms with van der Waals surface area (Å²) in [6.45, 7) is 6.57. The lowest BCUT2D eigenvalue weighted by molar-refractivity contribution is -0.132. The Kier molecular flexibility index (Phi) is 9.83. The van der Waals surface area contributed by atoms with Crippen molar-refractivity contribution in [1.82, 2.24) is 4.72 Å². The van der Waals surface area contributed by atoms with Crippen molar-refractivity contribution in [1.29, 1.82) is 0 Å². The van der Waals surface area contributed by atoms with Crippen molar-refractivity contribution >= 4 is 40.1 Å². The Morgan fingerprint density at radius 2 is 1.86 bits per heavy atom. The highest BCUT2D eigenvalue weighted by molar-refractivity contribution is 7.98. The molecule has 0 amide bonds. The number of carboxylic acids is 1. The molecule has 1 unspecified atom stereocenters. The van der Waals surface area contributed by atoms with Crippen LogP contribution in [-0.2, 0) is 15.8 Å². The molecule has 1 atom stereocenters. The van der Waals surface area contributed by atoms with Crippen LogP contribution in [0.15, 0.2) is 64.1 Å². The number of carbonyl (C=O) groups is 1. The zero-order valence-corrected chi connectivity index (χ0v) is 22.6. The number of nitrogens with zero attached hydrogens (tertiary/aromatic N) is 1. The van der Waals surface area contributed by atoms with Crippen LogP contribution in [0, 0.1) is 0 Å². The van der Waals surface area contributed by atoms with Gasteiger partial charge in [0.25, 0.3) is 0 Å². The lowest BCUT2D eigenvalue weighted by Crippen LogP contribution is -2.51. The van der Waals surface area contributed by atoms with Crippen LogP contribution >= 0.6 is 11.8 Å². The normalized spacial score (nSPS) is 17.5. The molecule has 190 valence electrons. The number of rotatable bonds is 11. The molecule has 3 rings (SSSR count). The smallest absolute Gasteiger partial charge is 0.334 e. The summed E-state index contributed by atoms with van der Waals surface area (Å²) in [5, 5.41) is 9.20. The van der Waals surface area contributed by atoms with Crippen LogP contribution in [0.1, 0.15) is 59.3 Å². The molecule has 0 aliphatic carbocycles. The van der Waals surface area contributed by atoms with Crippen LogP contribution in [0.3, 0.4) is 0 Å². The Morgan fingerprint density at radius 1 is 1.20 bits per heavy atom. The molecule has 2 aromatic carbocycles. The molecular weight excluding hydrogens is 480 g/mol. The van der Waals surface area contributed by atoms with Gasteiger partial charge in [-0.3, -0.25) is 0 Å². The number of fused-ring (bicyclic) bond motifs is 1. The van der Waals surface area contributed by atoms with Gasteiger partial charge in [0.2, 0.25) is 0 Å². The Morgan fingerprint density at radius 3 is 2.43 bits per heavy atom. The zero-order chi connectivity index (χ0) is 25.4. The molecule has 1 aliphatic heterocycles. The first-order valence-electron chi connectivity index (χ1n) is 12.1. The second-order valence-corrected chi connectivity index (χ2v) is 11.0. The highest BCUT2D eigenvalue weighted by atomic mass is 32.2. The van der Waals surface area contributed by atoms with Gasteiger partial charge in [-0.25, -0.2) is 13.7 Å². The second-order valence-electron chi connectivity index (χ2n) is 8.97. The van der Waals surface area contributed by atoms with Crippen LogP contribution in [-0.4, -0.2) is 33.6 Å². The van der Waals surface area contributed by atoms with E-state index in [0.29, 0.717) is 17.2 Å². The molecule has 1 heterocycles. The van der Waals surface area contributed by atoms with Gasteiger partial charge in [0.1, 0.15) is 23.0 Å². The van der Waals surface area contributed by atoms with Gasteiger partial charge in [0, 0.05) is 23.8 Å². The molecule has 0 saturated heterocycles. The predicted molar refractivity (Wildman–Crippen MR) is 145 cm³/mol. The molecule has 8 heteroatoms. The van der Waals surface area contributed by atoms with Gasteiger partial charge in [-0.05, 0) is 44.2 Å². The van der Waals surface area contributed by atoms with E-state index in [1.807, 2.05) is 30.5 Å². The summed E-state index contributed by atoms with van der Waals surface area (Å²) in [5.41, 5.74) is 1.73. The van der Waals surface area contributed by atoms with Crippen LogP contribution in [0.2, 0.25) is 0 Å². The fourth-order valence-electron chi connectivity index (χ4n) is 4.27. The first-order chi connectivity index (χ1) is 16.8. The van der Waals surface area contributed by atoms with Crippen molar-refractivity contribution in [3.05, 3.63) is 54.3 Å². The number of aliphatic carboxylic acids is 1. The van der Waals surface area contributed by atoms with Crippen LogP contribution < -0.4 is 14.4 Å². The summed E-state index contributed by atoms with van der Waals surface area (Å²) in [5.74, 6) is -0.544. The van der Waals surface area contributed by atoms with Crippen molar-refractivity contribution in [2.45, 2.75) is 74.6 Å². The van der Waals surface area contributed by atoms with E-state index in [9.17, 15) is 14.1 Å². The van der Waals surface area contributed by atoms with E-state index >= 15 is 0 Å². The first kappa shape index (κ1) is 27.3. The van der Waals surface area contributed by atoms with Gasteiger partial charge in [-0.15, -0.1) is 11.8 Å². The number of unbranched alkanes of at least 4 members (excludes halogenated alkanes) is 2. The maximum Gasteiger partial charge on any atom is 0.334 e. The van der Waals surface area contributed by atoms with E-state index in [4.69, 9.17) is 4.74 Å². The lowest BCUT2D eigenvalue weighted by atomic mass is 9.87. The summed E-state index contributed by atoms with van der Waals surface area (Å²) in [6.07, 6.45) is 9.31. The number of carboxylic acid groups (broad SMARTS) is 1. The average Bonchev–Trinajstić information content (AvgIpc) is 2.99. The van der Waals surface area contributed by atoms with Gasteiger partial charge in [0.15, 0.2) is 0 Å². The number of hydrogen-bond acceptors (Lipinski definition) is 5. The van der Waals surface area contributed by atoms with Gasteiger partial charge >= 0.3 is 5.97 Å². The molecule has 2 aromatic rings. The number of benzene rings is 2. The summed E-state index contributed by atoms with van der Waals surface area (Å²) in [6, 6.07) is 14.0. The topological polar surface area (TPSA) is 78.9 Å². The number of para-hydroxylation sites is 1. The number of hydrogen-bond donors (Lipinski definition) is 2. The average molecular weight is 517 g/mol. The molecule has 0 bridgehead atoms. The second kappa shape index (κ2) is 12.6. The predicted octanol–water partition coefficient (Wildman–Crippen LogP) is 6.66. The third-order valence-electron chi connectivity index (χ3n) is 6.29. The van der Waals surface area contributed by atoms with Crippen molar-refractivity contribution in [3.63, 3.8) is 0 Å². The lowest BCUT2D eigenvalue weighted by Gasteiger charge is -2.37. The monoisotopic (exact) mass is 516 g/mol. The Bertz CT molecular complexity index is 1060. The van der Waals surface area contributed by atoms with Gasteiger partial charge < -0.3 is 14.7 Å². The quantitative estimate of drug-likeness (QED) is 0.198. The van der Waals surface area contributed by atoms with Gasteiger partial charge in [-0.1, -0.05) is 57.7 Å². The maximum absolute atomic E-state index is 13.8. The number of ether oxygens (including phenoxy) is 1. The molecule has 0 radical (unpaired) electrons. The number of anilines is 2. The minimum Gasteiger partial charge on any atom is -0.478 e. The molecule has 0 aromatic heterocycles. The largest absolute Gasteiger partial charge is 0.478 e. The highest BCUT2D eigenvalue weighted by Gasteiger charge is 2.38. The van der Waals surface area contributed by atoms with Crippen molar-refractivity contribution in [3.8, 4) is 5.75 Å². The van der Waals surface area contributed by atoms with Crippen molar-refractivity contribution in [2.75, 3.05) is 17.7 Å². The molecule has 0 saturated carbocycles. The number of nitrogens with one attached hydrogen (secondary N) is 1. The fraction of sp³-hybridized carbons (Fsp3) is 0.444. The standard InChI is InChI=1S/C27H36N2O4S2/c1-5-7-14-27(15-8-6-2)19-29(21-12-10-9-11-13-21)22-16-24(34-4)23(17-25(22)35(32)28-27)33-18-20(3)26(30)31/h9-13,16-18,28H,5-8,14-15,19H2,1-4H3,(H,30,31)/b20-18+. The highest BCUT2D eigenvalue weighted by Crippen LogP contribution is 2.43. The van der Waals surface area contributed by atoms with Crippen LogP contribution in [0.5, 0.6) is 5.75 Å². The molecular formula is C27H36N2O4S2. The Labute approximate surface area is 215 Å². The molecule has 35 heavy (non-hydrogen) atoms. The SMILES string of the molecule is CCCCC1(CCCC)CN(c2ccccc2)c2cc(SC)c(O/C=C(\C)C(=O)O)cc2S(=O)N1.